The van der Waals surface area contributed by atoms with Crippen molar-refractivity contribution in [2.45, 2.75) is 67.8 Å². The highest BCUT2D eigenvalue weighted by molar-refractivity contribution is 7.90. The second-order valence-corrected chi connectivity index (χ2v) is 13.0. The van der Waals surface area contributed by atoms with Gasteiger partial charge in [0, 0.05) is 23.9 Å². The number of nitrogens with zero attached hydrogens (tertiary/aromatic N) is 2. The molecule has 8 heteroatoms. The first-order valence-corrected chi connectivity index (χ1v) is 15.2. The van der Waals surface area contributed by atoms with Crippen molar-refractivity contribution in [3.63, 3.8) is 0 Å². The van der Waals surface area contributed by atoms with Crippen molar-refractivity contribution in [2.75, 3.05) is 25.9 Å². The van der Waals surface area contributed by atoms with Crippen LogP contribution in [0, 0.1) is 11.7 Å². The van der Waals surface area contributed by atoms with E-state index in [0.717, 1.165) is 49.5 Å². The lowest BCUT2D eigenvalue weighted by atomic mass is 9.72. The molecule has 6 nitrogen and oxygen atoms in total. The van der Waals surface area contributed by atoms with Gasteiger partial charge in [-0.2, -0.15) is 0 Å². The Bertz CT molecular complexity index is 1340. The zero-order valence-electron chi connectivity index (χ0n) is 20.8. The summed E-state index contributed by atoms with van der Waals surface area (Å²) in [6.45, 7) is 3.26. The van der Waals surface area contributed by atoms with Crippen LogP contribution in [0.3, 0.4) is 0 Å². The van der Waals surface area contributed by atoms with Gasteiger partial charge in [-0.05, 0) is 106 Å². The molecule has 3 heterocycles. The molecular weight excluding hydrogens is 475 g/mol. The summed E-state index contributed by atoms with van der Waals surface area (Å²) < 4.78 is 39.5. The summed E-state index contributed by atoms with van der Waals surface area (Å²) in [6, 6.07) is 11.6. The molecule has 3 aromatic rings. The van der Waals surface area contributed by atoms with E-state index in [1.165, 1.54) is 38.4 Å². The summed E-state index contributed by atoms with van der Waals surface area (Å²) in [7, 11) is -3.27. The van der Waals surface area contributed by atoms with Crippen LogP contribution in [0.15, 0.2) is 41.3 Å². The number of likely N-dealkylation sites (tertiary alicyclic amines) is 1. The quantitative estimate of drug-likeness (QED) is 0.512. The van der Waals surface area contributed by atoms with Gasteiger partial charge in [0.05, 0.1) is 10.4 Å². The smallest absolute Gasteiger partial charge is 0.175 e. The fourth-order valence-corrected chi connectivity index (χ4v) is 7.18. The number of rotatable bonds is 5. The van der Waals surface area contributed by atoms with Crippen LogP contribution in [0.2, 0.25) is 0 Å². The minimum atomic E-state index is -3.27. The number of aromatic amines is 1. The van der Waals surface area contributed by atoms with E-state index in [-0.39, 0.29) is 16.6 Å². The maximum absolute atomic E-state index is 15.9. The number of hydrogen-bond donors (Lipinski definition) is 2. The first kappa shape index (κ1) is 24.1. The molecule has 36 heavy (non-hydrogen) atoms. The number of H-pyrrole nitrogens is 1. The molecule has 2 aliphatic heterocycles. The van der Waals surface area contributed by atoms with Crippen LogP contribution in [-0.2, 0) is 9.84 Å². The molecule has 2 saturated heterocycles. The first-order chi connectivity index (χ1) is 17.4. The minimum absolute atomic E-state index is 0.188. The Hall–Kier alpha value is -2.29. The number of imidazole rings is 1. The third kappa shape index (κ3) is 4.48. The van der Waals surface area contributed by atoms with E-state index in [0.29, 0.717) is 28.9 Å². The first-order valence-electron chi connectivity index (χ1n) is 13.3. The predicted octanol–water partition coefficient (Wildman–Crippen LogP) is 4.87. The average Bonchev–Trinajstić information content (AvgIpc) is 3.29. The van der Waals surface area contributed by atoms with Gasteiger partial charge in [0.2, 0.25) is 0 Å². The number of benzene rings is 2. The fraction of sp³-hybridized carbons (Fsp3) is 0.536. The Kier molecular flexibility index (Phi) is 6.38. The van der Waals surface area contributed by atoms with E-state index in [2.05, 4.69) is 20.2 Å². The van der Waals surface area contributed by atoms with Crippen molar-refractivity contribution in [2.24, 2.45) is 5.92 Å². The van der Waals surface area contributed by atoms with Crippen molar-refractivity contribution in [1.82, 2.24) is 20.2 Å². The molecule has 2 aromatic carbocycles. The fourth-order valence-electron chi connectivity index (χ4n) is 6.55. The number of piperidine rings is 2. The molecule has 1 saturated carbocycles. The number of aromatic nitrogens is 2. The molecule has 1 unspecified atom stereocenters. The summed E-state index contributed by atoms with van der Waals surface area (Å²) in [4.78, 5) is 10.8. The molecule has 0 amide bonds. The molecule has 0 spiro atoms. The van der Waals surface area contributed by atoms with Gasteiger partial charge >= 0.3 is 0 Å². The zero-order chi connectivity index (χ0) is 24.9. The van der Waals surface area contributed by atoms with Crippen LogP contribution in [0.4, 0.5) is 4.39 Å². The number of hydrogen-bond acceptors (Lipinski definition) is 5. The maximum Gasteiger partial charge on any atom is 0.175 e. The van der Waals surface area contributed by atoms with E-state index < -0.39 is 9.84 Å². The molecule has 192 valence electrons. The summed E-state index contributed by atoms with van der Waals surface area (Å²) in [5.41, 5.74) is 2.58. The van der Waals surface area contributed by atoms with Gasteiger partial charge in [-0.3, -0.25) is 4.90 Å². The molecule has 1 aliphatic carbocycles. The van der Waals surface area contributed by atoms with Gasteiger partial charge in [0.25, 0.3) is 0 Å². The predicted molar refractivity (Wildman–Crippen MR) is 140 cm³/mol. The second-order valence-electron chi connectivity index (χ2n) is 10.9. The van der Waals surface area contributed by atoms with Crippen molar-refractivity contribution < 1.29 is 12.8 Å². The Morgan fingerprint density at radius 2 is 1.75 bits per heavy atom. The third-order valence-corrected chi connectivity index (χ3v) is 9.91. The van der Waals surface area contributed by atoms with E-state index in [1.807, 2.05) is 12.1 Å². The van der Waals surface area contributed by atoms with Crippen molar-refractivity contribution in [3.05, 3.63) is 47.8 Å². The van der Waals surface area contributed by atoms with Crippen molar-refractivity contribution >= 4 is 20.9 Å². The van der Waals surface area contributed by atoms with Crippen molar-refractivity contribution in [3.8, 4) is 11.4 Å². The molecule has 6 rings (SSSR count). The monoisotopic (exact) mass is 510 g/mol. The largest absolute Gasteiger partial charge is 0.336 e. The molecule has 2 N–H and O–H groups in total. The summed E-state index contributed by atoms with van der Waals surface area (Å²) in [6.07, 6.45) is 9.59. The van der Waals surface area contributed by atoms with Crippen LogP contribution >= 0.6 is 0 Å². The van der Waals surface area contributed by atoms with Gasteiger partial charge in [-0.15, -0.1) is 0 Å². The molecule has 0 radical (unpaired) electrons. The van der Waals surface area contributed by atoms with Crippen LogP contribution in [0.25, 0.3) is 22.4 Å². The van der Waals surface area contributed by atoms with Crippen LogP contribution in [-0.4, -0.2) is 61.3 Å². The Balaban J connectivity index is 1.26. The average molecular weight is 511 g/mol. The topological polar surface area (TPSA) is 78.1 Å². The molecule has 1 aromatic heterocycles. The molecule has 0 bridgehead atoms. The Labute approximate surface area is 212 Å². The van der Waals surface area contributed by atoms with E-state index in [9.17, 15) is 8.42 Å². The standard InChI is InChI=1S/C28H35FN4O2S/c1-36(34,35)22-7-5-19(6-8-22)28-31-24-10-9-23(26(29)27(24)32-28)20-13-16-33(21-11-14-30-15-12-21)25(17-20)18-3-2-4-18/h5-10,18,20-21,25,30H,2-4,11-17H2,1H3,(H,31,32)/t20?,25-/m1/s1. The highest BCUT2D eigenvalue weighted by Gasteiger charge is 2.40. The molecule has 2 atom stereocenters. The molecule has 3 aliphatic rings. The normalized spacial score (nSPS) is 24.7. The molecular formula is C28H35FN4O2S. The van der Waals surface area contributed by atoms with E-state index >= 15 is 4.39 Å². The van der Waals surface area contributed by atoms with Gasteiger partial charge in [0.15, 0.2) is 15.7 Å². The lowest BCUT2D eigenvalue weighted by molar-refractivity contribution is 0.0111. The number of fused-ring (bicyclic) bond motifs is 1. The second kappa shape index (κ2) is 9.54. The number of sulfone groups is 1. The summed E-state index contributed by atoms with van der Waals surface area (Å²) in [5.74, 6) is 1.34. The van der Waals surface area contributed by atoms with Gasteiger partial charge in [0.1, 0.15) is 11.3 Å². The number of halogens is 1. The van der Waals surface area contributed by atoms with Crippen LogP contribution in [0.5, 0.6) is 0 Å². The highest BCUT2D eigenvalue weighted by atomic mass is 32.2. The van der Waals surface area contributed by atoms with Gasteiger partial charge in [-0.25, -0.2) is 17.8 Å². The number of nitrogens with one attached hydrogen (secondary N) is 2. The highest BCUT2D eigenvalue weighted by Crippen LogP contribution is 2.43. The summed E-state index contributed by atoms with van der Waals surface area (Å²) >= 11 is 0. The van der Waals surface area contributed by atoms with E-state index in [4.69, 9.17) is 0 Å². The van der Waals surface area contributed by atoms with Gasteiger partial charge in [-0.1, -0.05) is 12.5 Å². The zero-order valence-corrected chi connectivity index (χ0v) is 21.7. The lowest BCUT2D eigenvalue weighted by Gasteiger charge is -2.50. The Morgan fingerprint density at radius 1 is 1.00 bits per heavy atom. The van der Waals surface area contributed by atoms with Crippen LogP contribution < -0.4 is 5.32 Å². The van der Waals surface area contributed by atoms with Crippen LogP contribution in [0.1, 0.15) is 56.4 Å². The Morgan fingerprint density at radius 3 is 2.42 bits per heavy atom. The summed E-state index contributed by atoms with van der Waals surface area (Å²) in [5, 5.41) is 3.50. The van der Waals surface area contributed by atoms with E-state index in [1.54, 1.807) is 24.3 Å². The van der Waals surface area contributed by atoms with Crippen molar-refractivity contribution in [1.29, 1.82) is 0 Å². The maximum atomic E-state index is 15.9. The lowest BCUT2D eigenvalue weighted by Crippen LogP contribution is -2.54. The SMILES string of the molecule is CS(=O)(=O)c1ccc(-c2nc3ccc(C4CCN(C5CCNCC5)[C@@H](C5CCC5)C4)c(F)c3[nH]2)cc1. The molecule has 3 fully saturated rings. The van der Waals surface area contributed by atoms with Gasteiger partial charge < -0.3 is 10.3 Å². The third-order valence-electron chi connectivity index (χ3n) is 8.78. The minimum Gasteiger partial charge on any atom is -0.336 e.